The van der Waals surface area contributed by atoms with E-state index in [9.17, 15) is 18.0 Å². The van der Waals surface area contributed by atoms with E-state index in [2.05, 4.69) is 0 Å². The predicted octanol–water partition coefficient (Wildman–Crippen LogP) is 3.01. The Labute approximate surface area is 152 Å². The molecule has 0 aliphatic heterocycles. The third kappa shape index (κ3) is 3.70. The molecule has 0 amide bonds. The van der Waals surface area contributed by atoms with Crippen LogP contribution in [0, 0.1) is 0 Å². The van der Waals surface area contributed by atoms with E-state index in [-0.39, 0.29) is 16.2 Å². The Hall–Kier alpha value is -2.47. The van der Waals surface area contributed by atoms with Crippen LogP contribution >= 0.6 is 0 Å². The van der Waals surface area contributed by atoms with Crippen molar-refractivity contribution in [1.29, 1.82) is 0 Å². The first-order valence-electron chi connectivity index (χ1n) is 8.43. The summed E-state index contributed by atoms with van der Waals surface area (Å²) in [4.78, 5) is 24.9. The van der Waals surface area contributed by atoms with Crippen LogP contribution < -0.4 is 0 Å². The van der Waals surface area contributed by atoms with E-state index in [1.165, 1.54) is 30.7 Å². The Balaban J connectivity index is 1.79. The van der Waals surface area contributed by atoms with Gasteiger partial charge in [-0.25, -0.2) is 13.2 Å². The zero-order valence-corrected chi connectivity index (χ0v) is 15.5. The van der Waals surface area contributed by atoms with Gasteiger partial charge in [-0.05, 0) is 55.5 Å². The summed E-state index contributed by atoms with van der Waals surface area (Å²) in [7, 11) is -3.58. The van der Waals surface area contributed by atoms with Gasteiger partial charge in [-0.1, -0.05) is 24.3 Å². The van der Waals surface area contributed by atoms with Crippen molar-refractivity contribution in [3.05, 3.63) is 64.7 Å². The number of carbonyl (C=O) groups is 2. The smallest absolute Gasteiger partial charge is 0.340 e. The van der Waals surface area contributed by atoms with Crippen molar-refractivity contribution in [2.45, 2.75) is 37.2 Å². The standard InChI is InChI=1S/C20H20O5S/c1-13(19(21)16-11-10-14-6-5-7-15(14)12-16)25-20(22)17-8-3-4-9-18(17)26(2,23)24/h3-4,8-13H,5-7H2,1-2H3. The lowest BCUT2D eigenvalue weighted by Crippen LogP contribution is -2.25. The van der Waals surface area contributed by atoms with Crippen LogP contribution in [0.15, 0.2) is 47.4 Å². The Bertz CT molecular complexity index is 975. The maximum atomic E-state index is 12.6. The van der Waals surface area contributed by atoms with Gasteiger partial charge in [0.05, 0.1) is 10.5 Å². The number of benzene rings is 2. The fourth-order valence-corrected chi connectivity index (χ4v) is 4.07. The van der Waals surface area contributed by atoms with Crippen molar-refractivity contribution in [2.24, 2.45) is 0 Å². The summed E-state index contributed by atoms with van der Waals surface area (Å²) in [5.74, 6) is -1.13. The molecule has 0 aromatic heterocycles. The van der Waals surface area contributed by atoms with Crippen LogP contribution in [0.25, 0.3) is 0 Å². The van der Waals surface area contributed by atoms with Gasteiger partial charge in [-0.3, -0.25) is 4.79 Å². The maximum absolute atomic E-state index is 12.6. The minimum absolute atomic E-state index is 0.0661. The summed E-state index contributed by atoms with van der Waals surface area (Å²) in [6, 6.07) is 11.4. The Morgan fingerprint density at radius 3 is 2.46 bits per heavy atom. The summed E-state index contributed by atoms with van der Waals surface area (Å²) in [6.07, 6.45) is 3.08. The average Bonchev–Trinajstić information content (AvgIpc) is 3.07. The first-order valence-corrected chi connectivity index (χ1v) is 10.3. The number of fused-ring (bicyclic) bond motifs is 1. The topological polar surface area (TPSA) is 77.5 Å². The largest absolute Gasteiger partial charge is 0.451 e. The molecule has 5 nitrogen and oxygen atoms in total. The molecule has 1 atom stereocenters. The number of ether oxygens (including phenoxy) is 1. The second-order valence-electron chi connectivity index (χ2n) is 6.52. The molecule has 6 heteroatoms. The third-order valence-corrected chi connectivity index (χ3v) is 5.70. The molecule has 1 aliphatic carbocycles. The van der Waals surface area contributed by atoms with Gasteiger partial charge in [0.1, 0.15) is 0 Å². The van der Waals surface area contributed by atoms with E-state index in [0.29, 0.717) is 5.56 Å². The number of esters is 1. The Morgan fingerprint density at radius 2 is 1.73 bits per heavy atom. The first-order chi connectivity index (χ1) is 12.3. The van der Waals surface area contributed by atoms with Crippen LogP contribution in [0.1, 0.15) is 45.2 Å². The highest BCUT2D eigenvalue weighted by Gasteiger charge is 2.25. The summed E-state index contributed by atoms with van der Waals surface area (Å²) < 4.78 is 28.9. The van der Waals surface area contributed by atoms with Gasteiger partial charge in [0.25, 0.3) is 0 Å². The maximum Gasteiger partial charge on any atom is 0.340 e. The number of ketones is 1. The van der Waals surface area contributed by atoms with Crippen LogP contribution in [0.4, 0.5) is 0 Å². The number of rotatable bonds is 5. The molecule has 0 saturated heterocycles. The van der Waals surface area contributed by atoms with E-state index < -0.39 is 21.9 Å². The number of hydrogen-bond acceptors (Lipinski definition) is 5. The molecule has 0 bridgehead atoms. The molecule has 0 spiro atoms. The summed E-state index contributed by atoms with van der Waals surface area (Å²) in [5.41, 5.74) is 2.86. The molecule has 0 saturated carbocycles. The quantitative estimate of drug-likeness (QED) is 0.596. The fraction of sp³-hybridized carbons (Fsp3) is 0.300. The highest BCUT2D eigenvalue weighted by molar-refractivity contribution is 7.90. The van der Waals surface area contributed by atoms with Crippen LogP contribution in [0.2, 0.25) is 0 Å². The normalized spacial score (nSPS) is 14.5. The van der Waals surface area contributed by atoms with E-state index >= 15 is 0 Å². The summed E-state index contributed by atoms with van der Waals surface area (Å²) >= 11 is 0. The molecular formula is C20H20O5S. The van der Waals surface area contributed by atoms with E-state index in [4.69, 9.17) is 4.74 Å². The monoisotopic (exact) mass is 372 g/mol. The lowest BCUT2D eigenvalue weighted by atomic mass is 10.0. The van der Waals surface area contributed by atoms with Crippen molar-refractivity contribution in [2.75, 3.05) is 6.26 Å². The molecule has 2 aromatic rings. The van der Waals surface area contributed by atoms with Gasteiger partial charge >= 0.3 is 5.97 Å². The summed E-state index contributed by atoms with van der Waals surface area (Å²) in [6.45, 7) is 1.50. The number of aryl methyl sites for hydroxylation is 2. The fourth-order valence-electron chi connectivity index (χ4n) is 3.20. The van der Waals surface area contributed by atoms with Crippen molar-refractivity contribution >= 4 is 21.6 Å². The molecule has 1 unspecified atom stereocenters. The zero-order valence-electron chi connectivity index (χ0n) is 14.7. The van der Waals surface area contributed by atoms with E-state index in [1.807, 2.05) is 12.1 Å². The van der Waals surface area contributed by atoms with Gasteiger partial charge < -0.3 is 4.74 Å². The molecule has 0 heterocycles. The molecule has 3 rings (SSSR count). The minimum Gasteiger partial charge on any atom is -0.451 e. The van der Waals surface area contributed by atoms with Crippen molar-refractivity contribution in [3.8, 4) is 0 Å². The Morgan fingerprint density at radius 1 is 1.04 bits per heavy atom. The van der Waals surface area contributed by atoms with E-state index in [1.54, 1.807) is 12.1 Å². The van der Waals surface area contributed by atoms with Gasteiger partial charge in [-0.15, -0.1) is 0 Å². The minimum atomic E-state index is -3.58. The highest BCUT2D eigenvalue weighted by atomic mass is 32.2. The Kier molecular flexibility index (Phi) is 4.96. The number of sulfone groups is 1. The van der Waals surface area contributed by atoms with Gasteiger partial charge in [-0.2, -0.15) is 0 Å². The van der Waals surface area contributed by atoms with Gasteiger partial charge in [0, 0.05) is 11.8 Å². The number of carbonyl (C=O) groups excluding carboxylic acids is 2. The second-order valence-corrected chi connectivity index (χ2v) is 8.50. The third-order valence-electron chi connectivity index (χ3n) is 4.54. The SMILES string of the molecule is CC(OC(=O)c1ccccc1S(C)(=O)=O)C(=O)c1ccc2c(c1)CCC2. The van der Waals surface area contributed by atoms with Crippen LogP contribution in [0.5, 0.6) is 0 Å². The van der Waals surface area contributed by atoms with Crippen LogP contribution in [-0.2, 0) is 27.4 Å². The van der Waals surface area contributed by atoms with Crippen molar-refractivity contribution < 1.29 is 22.7 Å². The molecule has 136 valence electrons. The van der Waals surface area contributed by atoms with Crippen molar-refractivity contribution in [3.63, 3.8) is 0 Å². The second kappa shape index (κ2) is 7.03. The van der Waals surface area contributed by atoms with E-state index in [0.717, 1.165) is 31.1 Å². The molecule has 0 fully saturated rings. The first kappa shape index (κ1) is 18.3. The molecule has 0 N–H and O–H groups in total. The highest BCUT2D eigenvalue weighted by Crippen LogP contribution is 2.24. The lowest BCUT2D eigenvalue weighted by molar-refractivity contribution is 0.0315. The van der Waals surface area contributed by atoms with Crippen LogP contribution in [0.3, 0.4) is 0 Å². The molecular weight excluding hydrogens is 352 g/mol. The van der Waals surface area contributed by atoms with Crippen molar-refractivity contribution in [1.82, 2.24) is 0 Å². The number of hydrogen-bond donors (Lipinski definition) is 0. The lowest BCUT2D eigenvalue weighted by Gasteiger charge is -2.14. The average molecular weight is 372 g/mol. The number of Topliss-reactive ketones (excluding diaryl/α,β-unsaturated/α-hetero) is 1. The van der Waals surface area contributed by atoms with Gasteiger partial charge in [0.15, 0.2) is 15.9 Å². The molecule has 1 aliphatic rings. The predicted molar refractivity (Wildman–Crippen MR) is 97.2 cm³/mol. The van der Waals surface area contributed by atoms with Gasteiger partial charge in [0.2, 0.25) is 5.78 Å². The molecule has 2 aromatic carbocycles. The zero-order chi connectivity index (χ0) is 18.9. The van der Waals surface area contributed by atoms with Crippen LogP contribution in [-0.4, -0.2) is 32.5 Å². The molecule has 26 heavy (non-hydrogen) atoms. The molecule has 0 radical (unpaired) electrons. The summed E-state index contributed by atoms with van der Waals surface area (Å²) in [5, 5.41) is 0.